The number of carbonyl (C=O) groups excluding carboxylic acids is 1. The van der Waals surface area contributed by atoms with Crippen LogP contribution in [0.25, 0.3) is 0 Å². The molecule has 0 aromatic heterocycles. The zero-order chi connectivity index (χ0) is 13.7. The molecule has 1 aromatic rings. The Bertz CT molecular complexity index is 550. The maximum Gasteiger partial charge on any atom is 0.224 e. The van der Waals surface area contributed by atoms with Crippen LogP contribution in [0.1, 0.15) is 49.3 Å². The molecule has 3 aliphatic rings. The maximum atomic E-state index is 12.4. The molecule has 0 heterocycles. The standard InChI is InChI=1S/C17H22N2O.ClH/c18-11-7-8-12-10(9-11)3-1-6-15(12)19-17(20)16-13-4-2-5-14(13)16;/h7-9,13-16H,1-6,18H2,(H,19,20);1H. The Morgan fingerprint density at radius 3 is 2.67 bits per heavy atom. The number of nitrogens with one attached hydrogen (secondary N) is 1. The predicted octanol–water partition coefficient (Wildman–Crippen LogP) is 3.23. The Kier molecular flexibility index (Phi) is 3.87. The number of nitrogens with two attached hydrogens (primary N) is 1. The molecule has 114 valence electrons. The van der Waals surface area contributed by atoms with Crippen LogP contribution >= 0.6 is 12.4 Å². The number of fused-ring (bicyclic) bond motifs is 2. The Morgan fingerprint density at radius 2 is 1.90 bits per heavy atom. The number of benzene rings is 1. The summed E-state index contributed by atoms with van der Waals surface area (Å²) in [7, 11) is 0. The minimum Gasteiger partial charge on any atom is -0.399 e. The SMILES string of the molecule is Cl.Nc1ccc2c(c1)CCCC2NC(=O)C1C2CCCC21. The van der Waals surface area contributed by atoms with Crippen LogP contribution in [0.3, 0.4) is 0 Å². The van der Waals surface area contributed by atoms with Gasteiger partial charge in [0, 0.05) is 11.6 Å². The van der Waals surface area contributed by atoms with E-state index in [-0.39, 0.29) is 18.4 Å². The lowest BCUT2D eigenvalue weighted by Gasteiger charge is -2.27. The average Bonchev–Trinajstić information content (AvgIpc) is 2.92. The number of rotatable bonds is 2. The molecule has 4 rings (SSSR count). The molecule has 3 atom stereocenters. The molecule has 3 N–H and O–H groups in total. The summed E-state index contributed by atoms with van der Waals surface area (Å²) in [6.07, 6.45) is 7.14. The highest BCUT2D eigenvalue weighted by molar-refractivity contribution is 5.85. The minimum atomic E-state index is 0. The van der Waals surface area contributed by atoms with E-state index in [1.807, 2.05) is 6.07 Å². The Hall–Kier alpha value is -1.22. The van der Waals surface area contributed by atoms with Gasteiger partial charge in [0.15, 0.2) is 0 Å². The van der Waals surface area contributed by atoms with Gasteiger partial charge in [-0.1, -0.05) is 12.5 Å². The summed E-state index contributed by atoms with van der Waals surface area (Å²) in [4.78, 5) is 12.4. The first kappa shape index (κ1) is 14.7. The van der Waals surface area contributed by atoms with Crippen molar-refractivity contribution in [2.24, 2.45) is 17.8 Å². The summed E-state index contributed by atoms with van der Waals surface area (Å²) >= 11 is 0. The van der Waals surface area contributed by atoms with Crippen molar-refractivity contribution in [3.8, 4) is 0 Å². The summed E-state index contributed by atoms with van der Waals surface area (Å²) in [6, 6.07) is 6.32. The van der Waals surface area contributed by atoms with E-state index in [0.717, 1.165) is 24.9 Å². The number of hydrogen-bond acceptors (Lipinski definition) is 2. The third kappa shape index (κ3) is 2.52. The van der Waals surface area contributed by atoms with Gasteiger partial charge in [-0.05, 0) is 67.2 Å². The van der Waals surface area contributed by atoms with E-state index in [1.54, 1.807) is 0 Å². The highest BCUT2D eigenvalue weighted by Crippen LogP contribution is 2.57. The summed E-state index contributed by atoms with van der Waals surface area (Å²) in [6.45, 7) is 0. The third-order valence-corrected chi connectivity index (χ3v) is 5.51. The van der Waals surface area contributed by atoms with Crippen molar-refractivity contribution in [2.75, 3.05) is 5.73 Å². The van der Waals surface area contributed by atoms with Crippen molar-refractivity contribution in [2.45, 2.75) is 44.6 Å². The van der Waals surface area contributed by atoms with E-state index >= 15 is 0 Å². The molecule has 0 radical (unpaired) electrons. The zero-order valence-electron chi connectivity index (χ0n) is 12.2. The Labute approximate surface area is 132 Å². The van der Waals surface area contributed by atoms with Crippen LogP contribution in [0, 0.1) is 17.8 Å². The first-order chi connectivity index (χ1) is 9.74. The number of carbonyl (C=O) groups is 1. The van der Waals surface area contributed by atoms with Gasteiger partial charge in [0.1, 0.15) is 0 Å². The van der Waals surface area contributed by atoms with E-state index in [9.17, 15) is 4.79 Å². The molecular weight excluding hydrogens is 284 g/mol. The number of amides is 1. The normalized spacial score (nSPS) is 32.6. The molecule has 4 heteroatoms. The molecule has 3 aliphatic carbocycles. The van der Waals surface area contributed by atoms with Crippen molar-refractivity contribution in [3.63, 3.8) is 0 Å². The van der Waals surface area contributed by atoms with Crippen LogP contribution in [0.15, 0.2) is 18.2 Å². The third-order valence-electron chi connectivity index (χ3n) is 5.51. The zero-order valence-corrected chi connectivity index (χ0v) is 13.0. The maximum absolute atomic E-state index is 12.4. The second-order valence-corrected chi connectivity index (χ2v) is 6.70. The fourth-order valence-corrected chi connectivity index (χ4v) is 4.46. The van der Waals surface area contributed by atoms with Crippen LogP contribution in [0.4, 0.5) is 5.69 Å². The van der Waals surface area contributed by atoms with Gasteiger partial charge < -0.3 is 11.1 Å². The van der Waals surface area contributed by atoms with Gasteiger partial charge in [-0.2, -0.15) is 0 Å². The Balaban J connectivity index is 0.00000132. The molecule has 1 aromatic carbocycles. The van der Waals surface area contributed by atoms with E-state index in [2.05, 4.69) is 17.4 Å². The largest absolute Gasteiger partial charge is 0.399 e. The van der Waals surface area contributed by atoms with Crippen LogP contribution in [-0.2, 0) is 11.2 Å². The fraction of sp³-hybridized carbons (Fsp3) is 0.588. The first-order valence-corrected chi connectivity index (χ1v) is 7.93. The van der Waals surface area contributed by atoms with Crippen LogP contribution in [-0.4, -0.2) is 5.91 Å². The number of aryl methyl sites for hydroxylation is 1. The lowest BCUT2D eigenvalue weighted by molar-refractivity contribution is -0.123. The highest BCUT2D eigenvalue weighted by atomic mass is 35.5. The van der Waals surface area contributed by atoms with Crippen LogP contribution < -0.4 is 11.1 Å². The van der Waals surface area contributed by atoms with Crippen LogP contribution in [0.5, 0.6) is 0 Å². The van der Waals surface area contributed by atoms with Crippen molar-refractivity contribution < 1.29 is 4.79 Å². The second kappa shape index (κ2) is 5.53. The van der Waals surface area contributed by atoms with Crippen LogP contribution in [0.2, 0.25) is 0 Å². The first-order valence-electron chi connectivity index (χ1n) is 7.93. The minimum absolute atomic E-state index is 0. The van der Waals surface area contributed by atoms with Gasteiger partial charge in [0.05, 0.1) is 6.04 Å². The molecule has 2 saturated carbocycles. The lowest BCUT2D eigenvalue weighted by atomic mass is 9.87. The lowest BCUT2D eigenvalue weighted by Crippen LogP contribution is -2.33. The van der Waals surface area contributed by atoms with E-state index in [4.69, 9.17) is 5.73 Å². The quantitative estimate of drug-likeness (QED) is 0.824. The molecule has 2 fully saturated rings. The number of hydrogen-bond donors (Lipinski definition) is 2. The molecule has 0 spiro atoms. The van der Waals surface area contributed by atoms with Gasteiger partial charge in [-0.3, -0.25) is 4.79 Å². The molecule has 0 aliphatic heterocycles. The highest BCUT2D eigenvalue weighted by Gasteiger charge is 2.56. The molecule has 3 unspecified atom stereocenters. The van der Waals surface area contributed by atoms with Gasteiger partial charge in [0.2, 0.25) is 5.91 Å². The number of halogens is 1. The summed E-state index contributed by atoms with van der Waals surface area (Å²) < 4.78 is 0. The van der Waals surface area contributed by atoms with Gasteiger partial charge in [-0.15, -0.1) is 12.4 Å². The summed E-state index contributed by atoms with van der Waals surface area (Å²) in [5, 5.41) is 3.31. The van der Waals surface area contributed by atoms with E-state index in [0.29, 0.717) is 23.7 Å². The smallest absolute Gasteiger partial charge is 0.224 e. The predicted molar refractivity (Wildman–Crippen MR) is 86.2 cm³/mol. The Morgan fingerprint density at radius 1 is 1.14 bits per heavy atom. The van der Waals surface area contributed by atoms with Gasteiger partial charge >= 0.3 is 0 Å². The summed E-state index contributed by atoms with van der Waals surface area (Å²) in [5.74, 6) is 2.02. The van der Waals surface area contributed by atoms with Crippen molar-refractivity contribution in [1.29, 1.82) is 0 Å². The van der Waals surface area contributed by atoms with Crippen molar-refractivity contribution >= 4 is 24.0 Å². The monoisotopic (exact) mass is 306 g/mol. The molecule has 0 saturated heterocycles. The van der Waals surface area contributed by atoms with Gasteiger partial charge in [-0.25, -0.2) is 0 Å². The average molecular weight is 307 g/mol. The van der Waals surface area contributed by atoms with Crippen molar-refractivity contribution in [1.82, 2.24) is 5.32 Å². The van der Waals surface area contributed by atoms with Crippen molar-refractivity contribution in [3.05, 3.63) is 29.3 Å². The molecule has 0 bridgehead atoms. The van der Waals surface area contributed by atoms with E-state index < -0.39 is 0 Å². The molecule has 1 amide bonds. The topological polar surface area (TPSA) is 55.1 Å². The number of nitrogen functional groups attached to an aromatic ring is 1. The van der Waals surface area contributed by atoms with Gasteiger partial charge in [0.25, 0.3) is 0 Å². The molecule has 3 nitrogen and oxygen atoms in total. The summed E-state index contributed by atoms with van der Waals surface area (Å²) in [5.41, 5.74) is 9.29. The molecular formula is C17H23ClN2O. The number of anilines is 1. The fourth-order valence-electron chi connectivity index (χ4n) is 4.46. The second-order valence-electron chi connectivity index (χ2n) is 6.70. The molecule has 21 heavy (non-hydrogen) atoms. The van der Waals surface area contributed by atoms with E-state index in [1.165, 1.54) is 30.4 Å².